The molecule has 0 atom stereocenters. The quantitative estimate of drug-likeness (QED) is 0.156. The van der Waals surface area contributed by atoms with Crippen LogP contribution in [0.5, 0.6) is 0 Å². The number of aliphatic hydroxyl groups is 1. The number of carbonyl (C=O) groups is 1. The summed E-state index contributed by atoms with van der Waals surface area (Å²) in [6.45, 7) is 3.75. The van der Waals surface area contributed by atoms with Crippen LogP contribution in [0, 0.1) is 0 Å². The van der Waals surface area contributed by atoms with E-state index in [2.05, 4.69) is 12.2 Å². The van der Waals surface area contributed by atoms with Crippen LogP contribution < -0.4 is 5.32 Å². The van der Waals surface area contributed by atoms with E-state index in [-0.39, 0.29) is 12.6 Å². The summed E-state index contributed by atoms with van der Waals surface area (Å²) in [6, 6.07) is 7.49. The predicted octanol–water partition coefficient (Wildman–Crippen LogP) is 7.51. The van der Waals surface area contributed by atoms with Gasteiger partial charge in [-0.15, -0.1) is 0 Å². The van der Waals surface area contributed by atoms with Gasteiger partial charge in [-0.1, -0.05) is 90.4 Å². The number of ether oxygens (including phenoxy) is 1. The van der Waals surface area contributed by atoms with Crippen LogP contribution in [-0.2, 0) is 4.74 Å². The fourth-order valence-electron chi connectivity index (χ4n) is 3.74. The van der Waals surface area contributed by atoms with Gasteiger partial charge in [-0.3, -0.25) is 0 Å². The Hall–Kier alpha value is -1.55. The summed E-state index contributed by atoms with van der Waals surface area (Å²) in [7, 11) is 0. The first-order chi connectivity index (χ1) is 15.3. The van der Waals surface area contributed by atoms with E-state index in [4.69, 9.17) is 9.84 Å². The Bertz CT molecular complexity index is 530. The monoisotopic (exact) mass is 433 g/mol. The lowest BCUT2D eigenvalue weighted by Crippen LogP contribution is -2.07. The van der Waals surface area contributed by atoms with Crippen molar-refractivity contribution in [3.63, 3.8) is 0 Å². The van der Waals surface area contributed by atoms with Crippen LogP contribution in [0.4, 0.5) is 5.69 Å². The highest BCUT2D eigenvalue weighted by Crippen LogP contribution is 2.14. The normalized spacial score (nSPS) is 10.9. The minimum Gasteiger partial charge on any atom is -0.462 e. The average molecular weight is 434 g/mol. The molecule has 0 aliphatic heterocycles. The fraction of sp³-hybridized carbons (Fsp3) is 0.741. The summed E-state index contributed by atoms with van der Waals surface area (Å²) < 4.78 is 5.19. The van der Waals surface area contributed by atoms with Crippen molar-refractivity contribution >= 4 is 11.7 Å². The number of nitrogens with one attached hydrogen (secondary N) is 1. The van der Waals surface area contributed by atoms with Crippen molar-refractivity contribution in [2.45, 2.75) is 110 Å². The number of rotatable bonds is 21. The number of carbonyl (C=O) groups excluding carboxylic acids is 1. The predicted molar refractivity (Wildman–Crippen MR) is 132 cm³/mol. The third kappa shape index (κ3) is 15.8. The molecule has 0 amide bonds. The third-order valence-electron chi connectivity index (χ3n) is 5.77. The van der Waals surface area contributed by atoms with Crippen LogP contribution >= 0.6 is 0 Å². The number of unbranched alkanes of at least 4 members (excludes halogenated alkanes) is 14. The lowest BCUT2D eigenvalue weighted by molar-refractivity contribution is 0.0492. The molecule has 0 aliphatic carbocycles. The van der Waals surface area contributed by atoms with Gasteiger partial charge in [-0.2, -0.15) is 0 Å². The van der Waals surface area contributed by atoms with Crippen LogP contribution in [0.1, 0.15) is 120 Å². The highest BCUT2D eigenvalue weighted by Gasteiger charge is 2.06. The van der Waals surface area contributed by atoms with Crippen LogP contribution in [0.2, 0.25) is 0 Å². The molecule has 0 bridgehead atoms. The molecule has 0 saturated heterocycles. The molecule has 0 radical (unpaired) electrons. The van der Waals surface area contributed by atoms with Crippen LogP contribution in [0.25, 0.3) is 0 Å². The molecule has 1 aromatic rings. The maximum atomic E-state index is 11.9. The first-order valence-corrected chi connectivity index (χ1v) is 12.9. The molecule has 0 aliphatic rings. The number of hydrogen-bond donors (Lipinski definition) is 2. The van der Waals surface area contributed by atoms with Crippen molar-refractivity contribution < 1.29 is 14.6 Å². The molecule has 0 unspecified atom stereocenters. The van der Waals surface area contributed by atoms with Gasteiger partial charge in [0.2, 0.25) is 0 Å². The molecule has 0 fully saturated rings. The molecule has 2 N–H and O–H groups in total. The maximum absolute atomic E-state index is 11.9. The molecule has 31 heavy (non-hydrogen) atoms. The molecule has 178 valence electrons. The molecule has 4 nitrogen and oxygen atoms in total. The molecular weight excluding hydrogens is 386 g/mol. The standard InChI is InChI=1S/C27H47NO3/c1-2-3-4-5-6-7-8-9-10-11-12-13-14-15-22-28-26-20-18-25(19-21-26)27(30)31-24-17-16-23-29/h18-21,28-29H,2-17,22-24H2,1H3. The minimum atomic E-state index is -0.295. The Morgan fingerprint density at radius 1 is 0.742 bits per heavy atom. The van der Waals surface area contributed by atoms with E-state index in [1.807, 2.05) is 24.3 Å². The lowest BCUT2D eigenvalue weighted by atomic mass is 10.0. The van der Waals surface area contributed by atoms with E-state index in [1.54, 1.807) is 0 Å². The van der Waals surface area contributed by atoms with Gasteiger partial charge in [-0.05, 0) is 43.5 Å². The molecule has 0 saturated carbocycles. The zero-order valence-electron chi connectivity index (χ0n) is 20.0. The Balaban J connectivity index is 1.92. The SMILES string of the molecule is CCCCCCCCCCCCCCCCNc1ccc(C(=O)OCCCCO)cc1. The second-order valence-electron chi connectivity index (χ2n) is 8.67. The Morgan fingerprint density at radius 3 is 1.77 bits per heavy atom. The molecule has 0 heterocycles. The summed E-state index contributed by atoms with van der Waals surface area (Å²) in [4.78, 5) is 11.9. The molecule has 4 heteroatoms. The maximum Gasteiger partial charge on any atom is 0.338 e. The van der Waals surface area contributed by atoms with Crippen LogP contribution in [-0.4, -0.2) is 30.8 Å². The summed E-state index contributed by atoms with van der Waals surface area (Å²) in [5.41, 5.74) is 1.62. The number of aliphatic hydroxyl groups excluding tert-OH is 1. The van der Waals surface area contributed by atoms with Crippen molar-refractivity contribution in [3.05, 3.63) is 29.8 Å². The van der Waals surface area contributed by atoms with Gasteiger partial charge < -0.3 is 15.2 Å². The van der Waals surface area contributed by atoms with Gasteiger partial charge in [-0.25, -0.2) is 4.79 Å². The average Bonchev–Trinajstić information content (AvgIpc) is 2.79. The lowest BCUT2D eigenvalue weighted by Gasteiger charge is -2.08. The molecule has 1 aromatic carbocycles. The van der Waals surface area contributed by atoms with Crippen LogP contribution in [0.3, 0.4) is 0 Å². The van der Waals surface area contributed by atoms with Crippen molar-refractivity contribution in [3.8, 4) is 0 Å². The molecule has 0 spiro atoms. The van der Waals surface area contributed by atoms with E-state index >= 15 is 0 Å². The second kappa shape index (κ2) is 20.4. The largest absolute Gasteiger partial charge is 0.462 e. The van der Waals surface area contributed by atoms with Crippen molar-refractivity contribution in [1.29, 1.82) is 0 Å². The Kier molecular flexibility index (Phi) is 18.0. The van der Waals surface area contributed by atoms with E-state index in [1.165, 1.54) is 89.9 Å². The van der Waals surface area contributed by atoms with Gasteiger partial charge in [0.15, 0.2) is 0 Å². The van der Waals surface area contributed by atoms with Gasteiger partial charge in [0, 0.05) is 18.8 Å². The number of anilines is 1. The van der Waals surface area contributed by atoms with Gasteiger partial charge >= 0.3 is 5.97 Å². The highest BCUT2D eigenvalue weighted by atomic mass is 16.5. The summed E-state index contributed by atoms with van der Waals surface area (Å²) in [6.07, 6.45) is 20.6. The first kappa shape index (κ1) is 27.5. The molecule has 0 aromatic heterocycles. The first-order valence-electron chi connectivity index (χ1n) is 12.9. The van der Waals surface area contributed by atoms with E-state index < -0.39 is 0 Å². The van der Waals surface area contributed by atoms with Gasteiger partial charge in [0.1, 0.15) is 0 Å². The fourth-order valence-corrected chi connectivity index (χ4v) is 3.74. The Morgan fingerprint density at radius 2 is 1.26 bits per heavy atom. The minimum absolute atomic E-state index is 0.136. The van der Waals surface area contributed by atoms with Crippen molar-refractivity contribution in [1.82, 2.24) is 0 Å². The van der Waals surface area contributed by atoms with Crippen molar-refractivity contribution in [2.24, 2.45) is 0 Å². The highest BCUT2D eigenvalue weighted by molar-refractivity contribution is 5.89. The Labute approximate surface area is 191 Å². The van der Waals surface area contributed by atoms with E-state index in [0.717, 1.165) is 12.2 Å². The summed E-state index contributed by atoms with van der Waals surface area (Å²) in [5.74, 6) is -0.295. The topological polar surface area (TPSA) is 58.6 Å². The number of hydrogen-bond acceptors (Lipinski definition) is 4. The van der Waals surface area contributed by atoms with E-state index in [9.17, 15) is 4.79 Å². The van der Waals surface area contributed by atoms with Gasteiger partial charge in [0.25, 0.3) is 0 Å². The molecular formula is C27H47NO3. The van der Waals surface area contributed by atoms with Gasteiger partial charge in [0.05, 0.1) is 12.2 Å². The second-order valence-corrected chi connectivity index (χ2v) is 8.67. The van der Waals surface area contributed by atoms with Crippen molar-refractivity contribution in [2.75, 3.05) is 25.1 Å². The smallest absolute Gasteiger partial charge is 0.338 e. The molecule has 1 rings (SSSR count). The number of esters is 1. The zero-order chi connectivity index (χ0) is 22.4. The zero-order valence-corrected chi connectivity index (χ0v) is 20.0. The summed E-state index contributed by atoms with van der Waals surface area (Å²) in [5, 5.41) is 12.2. The third-order valence-corrected chi connectivity index (χ3v) is 5.77. The van der Waals surface area contributed by atoms with E-state index in [0.29, 0.717) is 25.0 Å². The summed E-state index contributed by atoms with van der Waals surface area (Å²) >= 11 is 0. The van der Waals surface area contributed by atoms with Crippen LogP contribution in [0.15, 0.2) is 24.3 Å². The number of benzene rings is 1.